The lowest BCUT2D eigenvalue weighted by atomic mass is 11.4. The standard InChI is InChI=1S/CH3N3S/c5-1-2-4-3-1/h4H,(H2,2,3,5). The fourth-order valence-electron chi connectivity index (χ4n) is 0.114. The zero-order valence-corrected chi connectivity index (χ0v) is 3.22. The third kappa shape index (κ3) is 0.257. The van der Waals surface area contributed by atoms with Crippen LogP contribution in [0.25, 0.3) is 0 Å². The molecule has 1 heterocycles. The largest absolute Gasteiger partial charge is 0.261 e. The maximum atomic E-state index is 4.50. The highest BCUT2D eigenvalue weighted by Crippen LogP contribution is 1.64. The van der Waals surface area contributed by atoms with Gasteiger partial charge in [-0.05, 0) is 12.2 Å². The molecule has 4 heteroatoms. The number of rotatable bonds is 0. The van der Waals surface area contributed by atoms with Crippen LogP contribution in [-0.2, 0) is 0 Å². The summed E-state index contributed by atoms with van der Waals surface area (Å²) in [5.41, 5.74) is 0. The molecule has 0 bridgehead atoms. The molecule has 28 valence electrons. The van der Waals surface area contributed by atoms with Crippen molar-refractivity contribution in [1.82, 2.24) is 15.4 Å². The molecular weight excluding hydrogens is 86.1 g/mol. The molecule has 5 heavy (non-hydrogen) atoms. The van der Waals surface area contributed by atoms with Crippen LogP contribution in [0.3, 0.4) is 0 Å². The summed E-state index contributed by atoms with van der Waals surface area (Å²) < 4.78 is 0.657. The van der Waals surface area contributed by atoms with Crippen molar-refractivity contribution >= 4 is 12.2 Å². The Morgan fingerprint density at radius 1 is 1.40 bits per heavy atom. The number of aromatic nitrogens is 3. The molecule has 0 radical (unpaired) electrons. The van der Waals surface area contributed by atoms with E-state index in [4.69, 9.17) is 0 Å². The van der Waals surface area contributed by atoms with Gasteiger partial charge < -0.3 is 0 Å². The normalized spacial score (nSPS) is 8.80. The zero-order valence-electron chi connectivity index (χ0n) is 2.41. The third-order valence-electron chi connectivity index (χ3n) is 0.352. The molecule has 0 fully saturated rings. The Balaban J connectivity index is 3.29. The van der Waals surface area contributed by atoms with Gasteiger partial charge in [-0.25, -0.2) is 5.21 Å². The summed E-state index contributed by atoms with van der Waals surface area (Å²) in [4.78, 5) is 0. The molecule has 0 atom stereocenters. The Hall–Kier alpha value is -0.510. The molecule has 3 N–H and O–H groups in total. The van der Waals surface area contributed by atoms with Crippen LogP contribution in [0.1, 0.15) is 0 Å². The van der Waals surface area contributed by atoms with Gasteiger partial charge in [0.2, 0.25) is 4.77 Å². The van der Waals surface area contributed by atoms with Gasteiger partial charge in [0.1, 0.15) is 0 Å². The Kier molecular flexibility index (Phi) is 0.390. The highest BCUT2D eigenvalue weighted by atomic mass is 32.1. The van der Waals surface area contributed by atoms with Crippen LogP contribution < -0.4 is 0 Å². The summed E-state index contributed by atoms with van der Waals surface area (Å²) in [6.07, 6.45) is 0. The van der Waals surface area contributed by atoms with Crippen molar-refractivity contribution in [3.05, 3.63) is 4.77 Å². The minimum atomic E-state index is 0.657. The Morgan fingerprint density at radius 2 is 1.80 bits per heavy atom. The summed E-state index contributed by atoms with van der Waals surface area (Å²) >= 11 is 4.50. The number of H-pyrrole nitrogens is 3. The Bertz CT molecular complexity index is 121. The third-order valence-corrected chi connectivity index (χ3v) is 0.556. The van der Waals surface area contributed by atoms with Gasteiger partial charge in [0.15, 0.2) is 0 Å². The predicted octanol–water partition coefficient (Wildman–Crippen LogP) is 0.400. The van der Waals surface area contributed by atoms with Gasteiger partial charge in [-0.3, -0.25) is 10.2 Å². The van der Waals surface area contributed by atoms with Gasteiger partial charge >= 0.3 is 0 Å². The molecule has 0 aliphatic rings. The van der Waals surface area contributed by atoms with Crippen molar-refractivity contribution in [3.63, 3.8) is 0 Å². The van der Waals surface area contributed by atoms with Crippen molar-refractivity contribution in [2.24, 2.45) is 0 Å². The van der Waals surface area contributed by atoms with Gasteiger partial charge in [0, 0.05) is 0 Å². The van der Waals surface area contributed by atoms with Gasteiger partial charge in [0.25, 0.3) is 0 Å². The Labute approximate surface area is 33.4 Å². The average Bonchev–Trinajstić information content (AvgIpc) is 1.30. The summed E-state index contributed by atoms with van der Waals surface area (Å²) in [5.74, 6) is 0. The minimum absolute atomic E-state index is 0.657. The molecule has 0 saturated heterocycles. The fourth-order valence-corrected chi connectivity index (χ4v) is 0.216. The molecule has 0 spiro atoms. The van der Waals surface area contributed by atoms with Crippen LogP contribution >= 0.6 is 12.2 Å². The van der Waals surface area contributed by atoms with Crippen molar-refractivity contribution < 1.29 is 0 Å². The highest BCUT2D eigenvalue weighted by molar-refractivity contribution is 7.71. The summed E-state index contributed by atoms with van der Waals surface area (Å²) in [5, 5.41) is 7.68. The van der Waals surface area contributed by atoms with Crippen molar-refractivity contribution in [1.29, 1.82) is 0 Å². The lowest BCUT2D eigenvalue weighted by molar-refractivity contribution is 0.742. The smallest absolute Gasteiger partial charge is 0.206 e. The van der Waals surface area contributed by atoms with E-state index in [-0.39, 0.29) is 0 Å². The first-order valence-corrected chi connectivity index (χ1v) is 1.61. The van der Waals surface area contributed by atoms with Crippen LogP contribution in [0, 0.1) is 4.77 Å². The average molecular weight is 89.1 g/mol. The monoisotopic (exact) mass is 89.0 g/mol. The molecule has 3 nitrogen and oxygen atoms in total. The number of nitrogens with one attached hydrogen (secondary N) is 3. The first kappa shape index (κ1) is 2.71. The molecule has 1 rings (SSSR count). The van der Waals surface area contributed by atoms with E-state index in [2.05, 4.69) is 27.6 Å². The molecule has 1 aromatic heterocycles. The second-order valence-corrected chi connectivity index (χ2v) is 1.11. The first-order chi connectivity index (χ1) is 2.39. The quantitative estimate of drug-likeness (QED) is 0.396. The lowest BCUT2D eigenvalue weighted by Crippen LogP contribution is -1.91. The molecule has 0 aliphatic carbocycles. The van der Waals surface area contributed by atoms with Gasteiger partial charge in [-0.15, -0.1) is 0 Å². The maximum absolute atomic E-state index is 4.50. The lowest BCUT2D eigenvalue weighted by Gasteiger charge is -1.84. The van der Waals surface area contributed by atoms with Crippen LogP contribution in [0.15, 0.2) is 0 Å². The zero-order chi connectivity index (χ0) is 3.70. The van der Waals surface area contributed by atoms with E-state index in [0.29, 0.717) is 4.77 Å². The van der Waals surface area contributed by atoms with E-state index in [1.807, 2.05) is 0 Å². The van der Waals surface area contributed by atoms with E-state index in [1.165, 1.54) is 0 Å². The van der Waals surface area contributed by atoms with Crippen LogP contribution in [-0.4, -0.2) is 15.4 Å². The molecule has 1 aromatic rings. The van der Waals surface area contributed by atoms with Crippen molar-refractivity contribution in [3.8, 4) is 0 Å². The SMILES string of the molecule is S=c1[nH][nH][nH]1. The first-order valence-electron chi connectivity index (χ1n) is 1.20. The van der Waals surface area contributed by atoms with E-state index in [0.717, 1.165) is 0 Å². The maximum Gasteiger partial charge on any atom is 0.206 e. The van der Waals surface area contributed by atoms with E-state index in [1.54, 1.807) is 0 Å². The topological polar surface area (TPSA) is 47.4 Å². The van der Waals surface area contributed by atoms with Gasteiger partial charge in [0.05, 0.1) is 0 Å². The van der Waals surface area contributed by atoms with E-state index < -0.39 is 0 Å². The van der Waals surface area contributed by atoms with Gasteiger partial charge in [-0.1, -0.05) is 0 Å². The summed E-state index contributed by atoms with van der Waals surface area (Å²) in [6, 6.07) is 0. The predicted molar refractivity (Wildman–Crippen MR) is 20.3 cm³/mol. The minimum Gasteiger partial charge on any atom is -0.261 e. The van der Waals surface area contributed by atoms with Crippen LogP contribution in [0.4, 0.5) is 0 Å². The molecular formula is CH3N3S. The number of hydrogen-bond acceptors (Lipinski definition) is 1. The molecule has 0 saturated carbocycles. The fraction of sp³-hybridized carbons (Fsp3) is 0. The summed E-state index contributed by atoms with van der Waals surface area (Å²) in [6.45, 7) is 0. The number of hydrogen-bond donors (Lipinski definition) is 3. The van der Waals surface area contributed by atoms with Gasteiger partial charge in [-0.2, -0.15) is 0 Å². The highest BCUT2D eigenvalue weighted by Gasteiger charge is 1.63. The van der Waals surface area contributed by atoms with E-state index in [9.17, 15) is 0 Å². The molecule has 0 unspecified atom stereocenters. The molecule has 0 amide bonds. The number of aromatic amines is 3. The van der Waals surface area contributed by atoms with Crippen LogP contribution in [0.5, 0.6) is 0 Å². The second-order valence-electron chi connectivity index (χ2n) is 0.704. The van der Waals surface area contributed by atoms with Crippen molar-refractivity contribution in [2.45, 2.75) is 0 Å². The summed E-state index contributed by atoms with van der Waals surface area (Å²) in [7, 11) is 0. The second kappa shape index (κ2) is 0.718. The molecule has 0 aliphatic heterocycles. The Morgan fingerprint density at radius 3 is 1.80 bits per heavy atom. The molecule has 0 aromatic carbocycles. The van der Waals surface area contributed by atoms with Crippen LogP contribution in [0.2, 0.25) is 0 Å². The van der Waals surface area contributed by atoms with Crippen molar-refractivity contribution in [2.75, 3.05) is 0 Å². The van der Waals surface area contributed by atoms with E-state index >= 15 is 0 Å².